The van der Waals surface area contributed by atoms with Crippen LogP contribution in [0.1, 0.15) is 11.1 Å². The zero-order chi connectivity index (χ0) is 12.8. The lowest BCUT2D eigenvalue weighted by Gasteiger charge is -2.29. The van der Waals surface area contributed by atoms with E-state index >= 15 is 0 Å². The fraction of sp³-hybridized carbons (Fsp3) is 0.400. The Labute approximate surface area is 114 Å². The molecule has 1 aliphatic rings. The number of benzene rings is 1. The maximum Gasteiger partial charge on any atom is 0.0825 e. The highest BCUT2D eigenvalue weighted by molar-refractivity contribution is 7.80. The summed E-state index contributed by atoms with van der Waals surface area (Å²) in [5.41, 5.74) is 2.57. The van der Waals surface area contributed by atoms with Crippen LogP contribution in [0.25, 0.3) is 0 Å². The van der Waals surface area contributed by atoms with Gasteiger partial charge >= 0.3 is 0 Å². The number of hydrogen-bond acceptors (Lipinski definition) is 2. The quantitative estimate of drug-likeness (QED) is 0.610. The molecule has 0 aromatic heterocycles. The second-order valence-electron chi connectivity index (χ2n) is 4.48. The predicted octanol–water partition coefficient (Wildman–Crippen LogP) is 2.62. The van der Waals surface area contributed by atoms with Gasteiger partial charge in [-0.3, -0.25) is 0 Å². The van der Waals surface area contributed by atoms with Crippen molar-refractivity contribution in [2.75, 3.05) is 26.3 Å². The first-order chi connectivity index (χ1) is 8.79. The smallest absolute Gasteiger partial charge is 0.0825 e. The lowest BCUT2D eigenvalue weighted by molar-refractivity contribution is 0.0685. The molecule has 96 valence electrons. The Bertz CT molecular complexity index is 407. The summed E-state index contributed by atoms with van der Waals surface area (Å²) in [5, 5.41) is 0. The van der Waals surface area contributed by atoms with Gasteiger partial charge in [0.25, 0.3) is 0 Å². The number of ether oxygens (including phenoxy) is 1. The molecule has 2 rings (SSSR count). The molecular weight excluding hydrogens is 242 g/mol. The van der Waals surface area contributed by atoms with Crippen LogP contribution in [0.5, 0.6) is 0 Å². The molecule has 1 aliphatic heterocycles. The first-order valence-corrected chi connectivity index (χ1v) is 6.74. The number of rotatable bonds is 4. The van der Waals surface area contributed by atoms with Crippen molar-refractivity contribution in [1.82, 2.24) is 4.90 Å². The van der Waals surface area contributed by atoms with Crippen molar-refractivity contribution in [1.29, 1.82) is 0 Å². The van der Waals surface area contributed by atoms with E-state index in [-0.39, 0.29) is 0 Å². The number of allylic oxidation sites excluding steroid dienone is 1. The van der Waals surface area contributed by atoms with Crippen molar-refractivity contribution >= 4 is 17.2 Å². The minimum absolute atomic E-state index is 0.790. The molecule has 1 saturated heterocycles. The molecule has 0 unspecified atom stereocenters. The number of morpholine rings is 1. The molecule has 0 bridgehead atoms. The third-order valence-electron chi connectivity index (χ3n) is 3.12. The molecule has 0 radical (unpaired) electrons. The molecule has 1 aromatic rings. The van der Waals surface area contributed by atoms with Gasteiger partial charge in [-0.1, -0.05) is 42.6 Å². The van der Waals surface area contributed by atoms with Crippen LogP contribution in [-0.4, -0.2) is 36.2 Å². The lowest BCUT2D eigenvalue weighted by Crippen LogP contribution is -2.40. The summed E-state index contributed by atoms with van der Waals surface area (Å²) in [6.45, 7) is 7.18. The van der Waals surface area contributed by atoms with Crippen LogP contribution in [0.3, 0.4) is 0 Å². The second-order valence-corrected chi connectivity index (χ2v) is 4.95. The number of nitrogens with zero attached hydrogens (tertiary/aromatic N) is 1. The van der Waals surface area contributed by atoms with Crippen molar-refractivity contribution in [3.63, 3.8) is 0 Å². The Balaban J connectivity index is 1.91. The first-order valence-electron chi connectivity index (χ1n) is 6.34. The summed E-state index contributed by atoms with van der Waals surface area (Å²) in [6.07, 6.45) is 3.70. The predicted molar refractivity (Wildman–Crippen MR) is 79.0 cm³/mol. The number of hydrogen-bond donors (Lipinski definition) is 0. The Morgan fingerprint density at radius 3 is 2.44 bits per heavy atom. The van der Waals surface area contributed by atoms with Gasteiger partial charge in [-0.15, -0.1) is 6.58 Å². The average Bonchev–Trinajstić information content (AvgIpc) is 2.42. The van der Waals surface area contributed by atoms with Crippen molar-refractivity contribution < 1.29 is 4.74 Å². The maximum atomic E-state index is 5.49. The highest BCUT2D eigenvalue weighted by Gasteiger charge is 2.13. The Hall–Kier alpha value is -1.19. The first kappa shape index (κ1) is 13.2. The highest BCUT2D eigenvalue weighted by Crippen LogP contribution is 2.09. The van der Waals surface area contributed by atoms with E-state index in [2.05, 4.69) is 35.7 Å². The molecule has 18 heavy (non-hydrogen) atoms. The summed E-state index contributed by atoms with van der Waals surface area (Å²) in [4.78, 5) is 3.27. The maximum absolute atomic E-state index is 5.49. The third kappa shape index (κ3) is 3.65. The molecular formula is C15H19NOS. The minimum atomic E-state index is 0.790. The molecule has 0 N–H and O–H groups in total. The second kappa shape index (κ2) is 6.66. The van der Waals surface area contributed by atoms with Crippen molar-refractivity contribution in [3.05, 3.63) is 48.0 Å². The van der Waals surface area contributed by atoms with Gasteiger partial charge < -0.3 is 9.64 Å². The van der Waals surface area contributed by atoms with Crippen LogP contribution in [0.15, 0.2) is 36.9 Å². The third-order valence-corrected chi connectivity index (χ3v) is 3.52. The van der Waals surface area contributed by atoms with Crippen LogP contribution in [0.4, 0.5) is 0 Å². The van der Waals surface area contributed by atoms with E-state index in [0.29, 0.717) is 0 Å². The summed E-state index contributed by atoms with van der Waals surface area (Å²) in [5.74, 6) is 0. The zero-order valence-corrected chi connectivity index (χ0v) is 11.4. The average molecular weight is 261 g/mol. The van der Waals surface area contributed by atoms with Gasteiger partial charge in [0.05, 0.1) is 18.2 Å². The fourth-order valence-electron chi connectivity index (χ4n) is 2.06. The normalized spacial score (nSPS) is 15.4. The van der Waals surface area contributed by atoms with Crippen LogP contribution >= 0.6 is 12.2 Å². The van der Waals surface area contributed by atoms with Crippen LogP contribution in [0, 0.1) is 0 Å². The van der Waals surface area contributed by atoms with E-state index in [1.54, 1.807) is 0 Å². The van der Waals surface area contributed by atoms with Crippen molar-refractivity contribution in [2.24, 2.45) is 0 Å². The molecule has 3 heteroatoms. The Morgan fingerprint density at radius 2 is 1.83 bits per heavy atom. The van der Waals surface area contributed by atoms with E-state index in [9.17, 15) is 0 Å². The molecule has 0 atom stereocenters. The van der Waals surface area contributed by atoms with Gasteiger partial charge in [0.2, 0.25) is 0 Å². The van der Waals surface area contributed by atoms with Gasteiger partial charge in [0.1, 0.15) is 0 Å². The molecule has 0 amide bonds. The van der Waals surface area contributed by atoms with E-state index in [0.717, 1.165) is 44.1 Å². The van der Waals surface area contributed by atoms with Crippen LogP contribution < -0.4 is 0 Å². The van der Waals surface area contributed by atoms with Gasteiger partial charge in [-0.25, -0.2) is 0 Å². The van der Waals surface area contributed by atoms with E-state index < -0.39 is 0 Å². The Kier molecular flexibility index (Phi) is 4.90. The highest BCUT2D eigenvalue weighted by atomic mass is 32.1. The van der Waals surface area contributed by atoms with Gasteiger partial charge in [0.15, 0.2) is 0 Å². The molecule has 0 saturated carbocycles. The summed E-state index contributed by atoms with van der Waals surface area (Å²) in [6, 6.07) is 8.62. The lowest BCUT2D eigenvalue weighted by atomic mass is 10.1. The topological polar surface area (TPSA) is 12.5 Å². The standard InChI is InChI=1S/C15H19NOS/c1-2-3-13-4-6-14(7-5-13)12-15(18)16-8-10-17-11-9-16/h2,4-7H,1,3,8-12H2. The van der Waals surface area contributed by atoms with Crippen LogP contribution in [0.2, 0.25) is 0 Å². The zero-order valence-electron chi connectivity index (χ0n) is 10.6. The number of thiocarbonyl (C=S) groups is 1. The van der Waals surface area contributed by atoms with Crippen molar-refractivity contribution in [3.8, 4) is 0 Å². The molecule has 1 fully saturated rings. The SMILES string of the molecule is C=CCc1ccc(CC(=S)N2CCOCC2)cc1. The van der Waals surface area contributed by atoms with E-state index in [1.165, 1.54) is 11.1 Å². The van der Waals surface area contributed by atoms with Gasteiger partial charge in [0, 0.05) is 19.5 Å². The fourth-order valence-corrected chi connectivity index (χ4v) is 2.41. The van der Waals surface area contributed by atoms with E-state index in [1.807, 2.05) is 6.08 Å². The van der Waals surface area contributed by atoms with Gasteiger partial charge in [-0.05, 0) is 17.5 Å². The molecule has 0 spiro atoms. The van der Waals surface area contributed by atoms with Crippen molar-refractivity contribution in [2.45, 2.75) is 12.8 Å². The molecule has 2 nitrogen and oxygen atoms in total. The largest absolute Gasteiger partial charge is 0.378 e. The monoisotopic (exact) mass is 261 g/mol. The summed E-state index contributed by atoms with van der Waals surface area (Å²) < 4.78 is 5.33. The molecule has 0 aliphatic carbocycles. The molecule has 1 aromatic carbocycles. The van der Waals surface area contributed by atoms with Gasteiger partial charge in [-0.2, -0.15) is 0 Å². The summed E-state index contributed by atoms with van der Waals surface area (Å²) in [7, 11) is 0. The minimum Gasteiger partial charge on any atom is -0.378 e. The summed E-state index contributed by atoms with van der Waals surface area (Å²) >= 11 is 5.49. The van der Waals surface area contributed by atoms with Crippen LogP contribution in [-0.2, 0) is 17.6 Å². The molecule has 1 heterocycles. The Morgan fingerprint density at radius 1 is 1.22 bits per heavy atom. The van der Waals surface area contributed by atoms with E-state index in [4.69, 9.17) is 17.0 Å².